The van der Waals surface area contributed by atoms with Crippen LogP contribution >= 0.6 is 11.3 Å². The fourth-order valence-electron chi connectivity index (χ4n) is 1.86. The summed E-state index contributed by atoms with van der Waals surface area (Å²) in [5, 5.41) is 5.69. The minimum atomic E-state index is -3.59. The zero-order chi connectivity index (χ0) is 16.3. The van der Waals surface area contributed by atoms with Crippen LogP contribution in [0.2, 0.25) is 0 Å². The normalized spacial score (nSPS) is 11.7. The quantitative estimate of drug-likeness (QED) is 0.736. The van der Waals surface area contributed by atoms with Crippen LogP contribution in [0.3, 0.4) is 0 Å². The van der Waals surface area contributed by atoms with E-state index in [0.29, 0.717) is 11.4 Å². The van der Waals surface area contributed by atoms with Crippen molar-refractivity contribution in [3.8, 4) is 10.7 Å². The van der Waals surface area contributed by atoms with Crippen LogP contribution in [0, 0.1) is 5.82 Å². The molecule has 0 aliphatic heterocycles. The molecule has 0 fully saturated rings. The molecule has 0 aliphatic rings. The van der Waals surface area contributed by atoms with Crippen LogP contribution < -0.4 is 4.72 Å². The first-order valence-electron chi connectivity index (χ1n) is 6.60. The Bertz CT molecular complexity index is 874. The van der Waals surface area contributed by atoms with Gasteiger partial charge in [-0.05, 0) is 29.1 Å². The third-order valence-corrected chi connectivity index (χ3v) is 5.09. The number of sulfonamides is 1. The van der Waals surface area contributed by atoms with Crippen molar-refractivity contribution in [2.45, 2.75) is 12.3 Å². The topological polar surface area (TPSA) is 85.1 Å². The molecule has 2 heterocycles. The Balaban J connectivity index is 1.62. The first-order valence-corrected chi connectivity index (χ1v) is 9.13. The minimum absolute atomic E-state index is 0.0953. The van der Waals surface area contributed by atoms with Gasteiger partial charge in [0, 0.05) is 0 Å². The maximum Gasteiger partial charge on any atom is 0.242 e. The van der Waals surface area contributed by atoms with Gasteiger partial charge in [-0.1, -0.05) is 23.4 Å². The lowest BCUT2D eigenvalue weighted by Crippen LogP contribution is -2.24. The van der Waals surface area contributed by atoms with Crippen LogP contribution in [0.25, 0.3) is 10.7 Å². The Morgan fingerprint density at radius 3 is 2.70 bits per heavy atom. The van der Waals surface area contributed by atoms with Gasteiger partial charge in [-0.2, -0.15) is 4.98 Å². The van der Waals surface area contributed by atoms with Crippen molar-refractivity contribution < 1.29 is 17.3 Å². The number of thiophene rings is 1. The second-order valence-electron chi connectivity index (χ2n) is 4.70. The van der Waals surface area contributed by atoms with Crippen molar-refractivity contribution in [3.63, 3.8) is 0 Å². The van der Waals surface area contributed by atoms with Crippen LogP contribution in [-0.4, -0.2) is 18.6 Å². The summed E-state index contributed by atoms with van der Waals surface area (Å²) in [6, 6.07) is 9.00. The number of hydrogen-bond acceptors (Lipinski definition) is 6. The van der Waals surface area contributed by atoms with Gasteiger partial charge in [0.1, 0.15) is 5.82 Å². The Kier molecular flexibility index (Phi) is 4.51. The van der Waals surface area contributed by atoms with Crippen molar-refractivity contribution in [2.24, 2.45) is 0 Å². The van der Waals surface area contributed by atoms with E-state index in [1.54, 1.807) is 0 Å². The fourth-order valence-corrected chi connectivity index (χ4v) is 3.58. The van der Waals surface area contributed by atoms with Crippen LogP contribution in [0.1, 0.15) is 11.5 Å². The summed E-state index contributed by atoms with van der Waals surface area (Å²) in [4.78, 5) is 4.97. The summed E-state index contributed by atoms with van der Waals surface area (Å²) < 4.78 is 44.2. The Labute approximate surface area is 136 Å². The molecule has 9 heteroatoms. The van der Waals surface area contributed by atoms with Gasteiger partial charge in [0.25, 0.3) is 0 Å². The fraction of sp³-hybridized carbons (Fsp3) is 0.143. The van der Waals surface area contributed by atoms with Crippen molar-refractivity contribution in [3.05, 3.63) is 59.0 Å². The van der Waals surface area contributed by atoms with E-state index < -0.39 is 15.8 Å². The first kappa shape index (κ1) is 15.8. The maximum atomic E-state index is 12.8. The van der Waals surface area contributed by atoms with E-state index in [4.69, 9.17) is 4.52 Å². The van der Waals surface area contributed by atoms with Crippen molar-refractivity contribution >= 4 is 21.4 Å². The van der Waals surface area contributed by atoms with Crippen LogP contribution in [-0.2, 0) is 22.3 Å². The lowest BCUT2D eigenvalue weighted by molar-refractivity contribution is 0.376. The van der Waals surface area contributed by atoms with Crippen LogP contribution in [0.15, 0.2) is 46.3 Å². The number of hydrogen-bond donors (Lipinski definition) is 1. The highest BCUT2D eigenvalue weighted by Gasteiger charge is 2.15. The maximum absolute atomic E-state index is 12.8. The molecule has 2 aromatic heterocycles. The molecule has 0 amide bonds. The summed E-state index contributed by atoms with van der Waals surface area (Å²) in [6.45, 7) is -0.0953. The van der Waals surface area contributed by atoms with E-state index >= 15 is 0 Å². The smallest absolute Gasteiger partial charge is 0.242 e. The second-order valence-corrected chi connectivity index (χ2v) is 7.45. The van der Waals surface area contributed by atoms with Gasteiger partial charge >= 0.3 is 0 Å². The molecule has 0 bridgehead atoms. The van der Waals surface area contributed by atoms with Crippen molar-refractivity contribution in [1.82, 2.24) is 14.9 Å². The summed E-state index contributed by atoms with van der Waals surface area (Å²) in [5.41, 5.74) is 0.490. The highest BCUT2D eigenvalue weighted by atomic mass is 32.2. The van der Waals surface area contributed by atoms with E-state index in [-0.39, 0.29) is 18.2 Å². The molecule has 0 saturated heterocycles. The van der Waals surface area contributed by atoms with E-state index in [2.05, 4.69) is 14.9 Å². The molecular formula is C14H12FN3O3S2. The molecule has 3 aromatic rings. The molecule has 6 nitrogen and oxygen atoms in total. The van der Waals surface area contributed by atoms with Crippen LogP contribution in [0.4, 0.5) is 4.39 Å². The number of benzene rings is 1. The number of nitrogens with zero attached hydrogens (tertiary/aromatic N) is 2. The van der Waals surface area contributed by atoms with Gasteiger partial charge in [-0.15, -0.1) is 11.3 Å². The zero-order valence-electron chi connectivity index (χ0n) is 11.8. The Morgan fingerprint density at radius 1 is 1.22 bits per heavy atom. The van der Waals surface area contributed by atoms with Gasteiger partial charge in [0.2, 0.25) is 21.7 Å². The minimum Gasteiger partial charge on any atom is -0.337 e. The average Bonchev–Trinajstić information content (AvgIpc) is 3.18. The average molecular weight is 353 g/mol. The number of aromatic nitrogens is 2. The summed E-state index contributed by atoms with van der Waals surface area (Å²) in [5.74, 6) is -0.0611. The first-order chi connectivity index (χ1) is 11.0. The number of rotatable bonds is 6. The molecule has 23 heavy (non-hydrogen) atoms. The zero-order valence-corrected chi connectivity index (χ0v) is 13.4. The Morgan fingerprint density at radius 2 is 2.00 bits per heavy atom. The molecule has 0 saturated carbocycles. The van der Waals surface area contributed by atoms with Crippen molar-refractivity contribution in [1.29, 1.82) is 0 Å². The summed E-state index contributed by atoms with van der Waals surface area (Å²) >= 11 is 1.46. The largest absolute Gasteiger partial charge is 0.337 e. The molecule has 0 aliphatic carbocycles. The van der Waals surface area contributed by atoms with Crippen LogP contribution in [0.5, 0.6) is 0 Å². The Hall–Kier alpha value is -2.10. The molecule has 0 atom stereocenters. The monoisotopic (exact) mass is 353 g/mol. The van der Waals surface area contributed by atoms with Crippen molar-refractivity contribution in [2.75, 3.05) is 0 Å². The molecule has 120 valence electrons. The van der Waals surface area contributed by atoms with E-state index in [0.717, 1.165) is 4.88 Å². The van der Waals surface area contributed by atoms with Gasteiger partial charge in [-0.3, -0.25) is 0 Å². The third-order valence-electron chi connectivity index (χ3n) is 2.92. The summed E-state index contributed by atoms with van der Waals surface area (Å²) in [6.07, 6.45) is 0. The predicted molar refractivity (Wildman–Crippen MR) is 83.5 cm³/mol. The molecular weight excluding hydrogens is 341 g/mol. The molecule has 1 N–H and O–H groups in total. The highest BCUT2D eigenvalue weighted by Crippen LogP contribution is 2.21. The second kappa shape index (κ2) is 6.57. The molecule has 0 spiro atoms. The standard InChI is InChI=1S/C14H12FN3O3S2/c15-11-5-3-10(4-6-11)9-23(19,20)16-8-13-17-14(18-21-13)12-2-1-7-22-12/h1-7,16H,8-9H2. The van der Waals surface area contributed by atoms with E-state index in [1.807, 2.05) is 17.5 Å². The highest BCUT2D eigenvalue weighted by molar-refractivity contribution is 7.88. The third kappa shape index (κ3) is 4.21. The molecule has 1 aromatic carbocycles. The molecule has 3 rings (SSSR count). The lowest BCUT2D eigenvalue weighted by atomic mass is 10.2. The summed E-state index contributed by atoms with van der Waals surface area (Å²) in [7, 11) is -3.59. The van der Waals surface area contributed by atoms with E-state index in [9.17, 15) is 12.8 Å². The van der Waals surface area contributed by atoms with Gasteiger partial charge in [-0.25, -0.2) is 17.5 Å². The van der Waals surface area contributed by atoms with E-state index in [1.165, 1.54) is 35.6 Å². The predicted octanol–water partition coefficient (Wildman–Crippen LogP) is 2.56. The molecule has 0 unspecified atom stereocenters. The lowest BCUT2D eigenvalue weighted by Gasteiger charge is -2.04. The van der Waals surface area contributed by atoms with Gasteiger partial charge < -0.3 is 4.52 Å². The number of halogens is 1. The SMILES string of the molecule is O=S(=O)(Cc1ccc(F)cc1)NCc1nc(-c2cccs2)no1. The van der Waals surface area contributed by atoms with Gasteiger partial charge in [0.15, 0.2) is 0 Å². The van der Waals surface area contributed by atoms with Gasteiger partial charge in [0.05, 0.1) is 17.2 Å². The number of nitrogens with one attached hydrogen (secondary N) is 1. The molecule has 0 radical (unpaired) electrons.